The Morgan fingerprint density at radius 2 is 1.48 bits per heavy atom. The van der Waals surface area contributed by atoms with Crippen molar-refractivity contribution in [3.63, 3.8) is 0 Å². The molecule has 2 aliphatic heterocycles. The minimum absolute atomic E-state index is 0.0649. The maximum Gasteiger partial charge on any atom is 0.257 e. The zero-order chi connectivity index (χ0) is 33.9. The van der Waals surface area contributed by atoms with Crippen molar-refractivity contribution in [2.75, 3.05) is 19.6 Å². The van der Waals surface area contributed by atoms with E-state index >= 15 is 0 Å². The van der Waals surface area contributed by atoms with Gasteiger partial charge in [0.1, 0.15) is 5.56 Å². The summed E-state index contributed by atoms with van der Waals surface area (Å²) in [7, 11) is 0. The first-order valence-electron chi connectivity index (χ1n) is 15.5. The van der Waals surface area contributed by atoms with Gasteiger partial charge in [0.25, 0.3) is 5.91 Å². The fraction of sp³-hybridized carbons (Fsp3) is 0.306. The van der Waals surface area contributed by atoms with Crippen LogP contribution in [0.5, 0.6) is 0 Å². The summed E-state index contributed by atoms with van der Waals surface area (Å²) in [5.74, 6) is -12.6. The number of hydrogen-bond acceptors (Lipinski definition) is 6. The summed E-state index contributed by atoms with van der Waals surface area (Å²) >= 11 is 0. The highest BCUT2D eigenvalue weighted by molar-refractivity contribution is 5.95. The Kier molecular flexibility index (Phi) is 10.2. The minimum Gasteiger partial charge on any atom is -0.392 e. The molecule has 1 amide bonds. The van der Waals surface area contributed by atoms with Crippen molar-refractivity contribution in [2.24, 2.45) is 0 Å². The summed E-state index contributed by atoms with van der Waals surface area (Å²) in [6.07, 6.45) is -0.216. The number of aliphatic hydroxyl groups excluding tert-OH is 2. The molecule has 12 heteroatoms. The third-order valence-corrected chi connectivity index (χ3v) is 8.71. The maximum absolute atomic E-state index is 14.2. The van der Waals surface area contributed by atoms with Crippen molar-refractivity contribution in [3.05, 3.63) is 130 Å². The highest BCUT2D eigenvalue weighted by atomic mass is 19.2. The molecule has 2 aliphatic rings. The second-order valence-corrected chi connectivity index (χ2v) is 12.0. The molecule has 7 nitrogen and oxygen atoms in total. The summed E-state index contributed by atoms with van der Waals surface area (Å²) in [6, 6.07) is 21.8. The van der Waals surface area contributed by atoms with Crippen LogP contribution >= 0.6 is 0 Å². The van der Waals surface area contributed by atoms with Crippen LogP contribution in [0, 0.1) is 29.1 Å². The number of carbonyl (C=O) groups excluding carboxylic acids is 1. The van der Waals surface area contributed by atoms with E-state index in [-0.39, 0.29) is 31.5 Å². The van der Waals surface area contributed by atoms with E-state index in [1.165, 1.54) is 0 Å². The van der Waals surface area contributed by atoms with Crippen LogP contribution in [0.25, 0.3) is 11.1 Å². The van der Waals surface area contributed by atoms with Gasteiger partial charge in [-0.2, -0.15) is 0 Å². The number of aliphatic hydroxyl groups is 2. The van der Waals surface area contributed by atoms with Crippen molar-refractivity contribution in [2.45, 2.75) is 50.6 Å². The molecule has 0 saturated carbocycles. The molecule has 0 aromatic heterocycles. The quantitative estimate of drug-likeness (QED) is 0.114. The Morgan fingerprint density at radius 3 is 2.12 bits per heavy atom. The molecule has 48 heavy (non-hydrogen) atoms. The molecule has 4 aromatic carbocycles. The lowest BCUT2D eigenvalue weighted by atomic mass is 9.97. The number of rotatable bonds is 9. The van der Waals surface area contributed by atoms with Crippen molar-refractivity contribution in [1.29, 1.82) is 0 Å². The van der Waals surface area contributed by atoms with Crippen molar-refractivity contribution >= 4 is 5.91 Å². The number of β-amino-alcohol motifs (C(OH)–C–C–N with tert-alkyl or cyclic N) is 1. The molecule has 2 saturated heterocycles. The predicted molar refractivity (Wildman–Crippen MR) is 165 cm³/mol. The van der Waals surface area contributed by atoms with Gasteiger partial charge in [0.15, 0.2) is 29.6 Å². The normalized spacial score (nSPS) is 21.4. The molecule has 0 unspecified atom stereocenters. The van der Waals surface area contributed by atoms with E-state index < -0.39 is 46.8 Å². The van der Waals surface area contributed by atoms with Crippen LogP contribution in [0.4, 0.5) is 22.0 Å². The van der Waals surface area contributed by atoms with Gasteiger partial charge in [0, 0.05) is 38.2 Å². The number of carbonyl (C=O) groups is 1. The maximum atomic E-state index is 14.2. The zero-order valence-electron chi connectivity index (χ0n) is 25.6. The average Bonchev–Trinajstić information content (AvgIpc) is 3.53. The van der Waals surface area contributed by atoms with E-state index in [0.717, 1.165) is 28.8 Å². The molecule has 0 bridgehead atoms. The fourth-order valence-corrected chi connectivity index (χ4v) is 6.14. The third kappa shape index (κ3) is 7.13. The van der Waals surface area contributed by atoms with Crippen LogP contribution in [0.15, 0.2) is 72.8 Å². The van der Waals surface area contributed by atoms with Crippen LogP contribution < -0.4 is 5.32 Å². The van der Waals surface area contributed by atoms with Crippen LogP contribution in [-0.2, 0) is 22.6 Å². The van der Waals surface area contributed by atoms with Crippen LogP contribution in [0.1, 0.15) is 57.8 Å². The van der Waals surface area contributed by atoms with Gasteiger partial charge in [-0.3, -0.25) is 9.69 Å². The molecule has 0 aliphatic carbocycles. The second kappa shape index (κ2) is 14.5. The molecule has 0 radical (unpaired) electrons. The lowest BCUT2D eigenvalue weighted by Crippen LogP contribution is -2.38. The summed E-state index contributed by atoms with van der Waals surface area (Å²) in [6.45, 7) is 1.67. The molecule has 3 N–H and O–H groups in total. The number of nitrogens with one attached hydrogen (secondary N) is 1. The van der Waals surface area contributed by atoms with Gasteiger partial charge < -0.3 is 25.0 Å². The molecule has 252 valence electrons. The first-order chi connectivity index (χ1) is 23.1. The van der Waals surface area contributed by atoms with Crippen molar-refractivity contribution < 1.29 is 46.4 Å². The van der Waals surface area contributed by atoms with E-state index in [4.69, 9.17) is 9.47 Å². The molecule has 2 heterocycles. The van der Waals surface area contributed by atoms with Crippen molar-refractivity contribution in [1.82, 2.24) is 10.2 Å². The Balaban J connectivity index is 1.20. The Bertz CT molecular complexity index is 1740. The molecular weight excluding hydrogens is 635 g/mol. The largest absolute Gasteiger partial charge is 0.392 e. The van der Waals surface area contributed by atoms with E-state index in [1.807, 2.05) is 48.5 Å². The predicted octanol–water partition coefficient (Wildman–Crippen LogP) is 6.08. The van der Waals surface area contributed by atoms with E-state index in [9.17, 15) is 37.0 Å². The monoisotopic (exact) mass is 668 g/mol. The Labute approximate surface area is 273 Å². The van der Waals surface area contributed by atoms with Crippen LogP contribution in [0.3, 0.4) is 0 Å². The number of likely N-dealkylation sites (tertiary alicyclic amines) is 1. The highest BCUT2D eigenvalue weighted by Gasteiger charge is 2.35. The lowest BCUT2D eigenvalue weighted by molar-refractivity contribution is -0.252. The smallest absolute Gasteiger partial charge is 0.257 e. The lowest BCUT2D eigenvalue weighted by Gasteiger charge is -2.38. The van der Waals surface area contributed by atoms with Gasteiger partial charge >= 0.3 is 0 Å². The van der Waals surface area contributed by atoms with Gasteiger partial charge in [0.05, 0.1) is 24.9 Å². The van der Waals surface area contributed by atoms with Gasteiger partial charge in [-0.25, -0.2) is 22.0 Å². The fourth-order valence-electron chi connectivity index (χ4n) is 6.14. The van der Waals surface area contributed by atoms with Crippen LogP contribution in [-0.4, -0.2) is 52.9 Å². The van der Waals surface area contributed by atoms with E-state index in [0.29, 0.717) is 37.1 Å². The molecular formula is C36H33F5N2O5. The topological polar surface area (TPSA) is 91.3 Å². The van der Waals surface area contributed by atoms with Gasteiger partial charge in [-0.1, -0.05) is 72.8 Å². The standard InChI is InChI=1S/C36H33F5N2O5/c37-30-29(31(38)33(40)34(41)32(30)39)35(46)42-16-24-3-1-2-4-27(24)21-9-11-23(12-10-21)36-47-26(18-43-14-13-25(45)17-43)15-28(48-36)22-7-5-20(19-44)6-8-22/h1-12,25-26,28,36,44-45H,13-19H2,(H,42,46)/t25-,26+,28-,36-/m0/s1. The first-order valence-corrected chi connectivity index (χ1v) is 15.5. The molecule has 4 aromatic rings. The van der Waals surface area contributed by atoms with Crippen LogP contribution in [0.2, 0.25) is 0 Å². The van der Waals surface area contributed by atoms with Gasteiger partial charge in [-0.05, 0) is 34.2 Å². The first kappa shape index (κ1) is 33.7. The summed E-state index contributed by atoms with van der Waals surface area (Å²) < 4.78 is 82.0. The van der Waals surface area contributed by atoms with Crippen molar-refractivity contribution in [3.8, 4) is 11.1 Å². The Morgan fingerprint density at radius 1 is 0.833 bits per heavy atom. The SMILES string of the molecule is O=C(NCc1ccccc1-c1ccc([C@H]2O[C@@H](CN3CC[C@H](O)C3)C[C@@H](c3ccc(CO)cc3)O2)cc1)c1c(F)c(F)c(F)c(F)c1F. The summed E-state index contributed by atoms with van der Waals surface area (Å²) in [5, 5.41) is 21.7. The Hall–Kier alpha value is -4.20. The average molecular weight is 669 g/mol. The van der Waals surface area contributed by atoms with E-state index in [2.05, 4.69) is 10.2 Å². The molecule has 0 spiro atoms. The van der Waals surface area contributed by atoms with E-state index in [1.54, 1.807) is 24.3 Å². The molecule has 6 rings (SSSR count). The highest BCUT2D eigenvalue weighted by Crippen LogP contribution is 2.39. The number of ether oxygens (including phenoxy) is 2. The number of amides is 1. The number of benzene rings is 4. The zero-order valence-corrected chi connectivity index (χ0v) is 25.6. The number of halogens is 5. The summed E-state index contributed by atoms with van der Waals surface area (Å²) in [4.78, 5) is 14.7. The van der Waals surface area contributed by atoms with Gasteiger partial charge in [-0.15, -0.1) is 0 Å². The molecule has 2 fully saturated rings. The second-order valence-electron chi connectivity index (χ2n) is 12.0. The minimum atomic E-state index is -2.34. The van der Waals surface area contributed by atoms with Gasteiger partial charge in [0.2, 0.25) is 5.82 Å². The molecule has 4 atom stereocenters. The number of hydrogen-bond donors (Lipinski definition) is 3. The number of nitrogens with zero attached hydrogens (tertiary/aromatic N) is 1. The third-order valence-electron chi connectivity index (χ3n) is 8.71. The summed E-state index contributed by atoms with van der Waals surface area (Å²) in [5.41, 5.74) is 2.87.